The number of hydrogen-bond donors (Lipinski definition) is 0. The molecule has 5 rings (SSSR count). The van der Waals surface area contributed by atoms with Crippen molar-refractivity contribution in [1.82, 2.24) is 4.90 Å². The summed E-state index contributed by atoms with van der Waals surface area (Å²) >= 11 is 1.63. The number of likely N-dealkylation sites (tertiary alicyclic amines) is 1. The van der Waals surface area contributed by atoms with Crippen molar-refractivity contribution in [2.24, 2.45) is 0 Å². The van der Waals surface area contributed by atoms with Crippen molar-refractivity contribution in [1.29, 1.82) is 0 Å². The fraction of sp³-hybridized carbons (Fsp3) is 0.208. The number of thiophene rings is 1. The topological polar surface area (TPSA) is 67.6 Å². The summed E-state index contributed by atoms with van der Waals surface area (Å²) in [6.07, 6.45) is 2.48. The van der Waals surface area contributed by atoms with Crippen molar-refractivity contribution in [3.05, 3.63) is 77.9 Å². The minimum absolute atomic E-state index is 0.0701. The number of benzene rings is 2. The molecule has 0 atom stereocenters. The SMILES string of the molecule is O=C(c1ccc2occc2c1)N1CCC(S(=O)(=O)c2ccc(-c3cccs3)cc2)CC1. The van der Waals surface area contributed by atoms with E-state index in [4.69, 9.17) is 4.42 Å². The third-order valence-corrected chi connectivity index (χ3v) is 9.05. The monoisotopic (exact) mass is 451 g/mol. The highest BCUT2D eigenvalue weighted by Crippen LogP contribution is 2.29. The first-order valence-corrected chi connectivity index (χ1v) is 12.6. The lowest BCUT2D eigenvalue weighted by Gasteiger charge is -2.32. The molecule has 7 heteroatoms. The zero-order valence-corrected chi connectivity index (χ0v) is 18.4. The van der Waals surface area contributed by atoms with Gasteiger partial charge >= 0.3 is 0 Å². The second-order valence-corrected chi connectivity index (χ2v) is 10.9. The average molecular weight is 452 g/mol. The van der Waals surface area contributed by atoms with E-state index in [1.165, 1.54) is 0 Å². The number of carbonyl (C=O) groups is 1. The van der Waals surface area contributed by atoms with Crippen molar-refractivity contribution in [3.8, 4) is 10.4 Å². The van der Waals surface area contributed by atoms with Crippen LogP contribution in [-0.4, -0.2) is 37.6 Å². The van der Waals surface area contributed by atoms with E-state index in [0.717, 1.165) is 21.4 Å². The van der Waals surface area contributed by atoms with E-state index in [2.05, 4.69) is 0 Å². The Morgan fingerprint density at radius 1 is 1.00 bits per heavy atom. The van der Waals surface area contributed by atoms with Gasteiger partial charge in [-0.2, -0.15) is 0 Å². The summed E-state index contributed by atoms with van der Waals surface area (Å²) in [6.45, 7) is 0.860. The van der Waals surface area contributed by atoms with Crippen LogP contribution in [0.1, 0.15) is 23.2 Å². The quantitative estimate of drug-likeness (QED) is 0.426. The number of fused-ring (bicyclic) bond motifs is 1. The number of furan rings is 1. The third-order valence-electron chi connectivity index (χ3n) is 5.86. The molecular weight excluding hydrogens is 430 g/mol. The van der Waals surface area contributed by atoms with Gasteiger partial charge in [-0.15, -0.1) is 11.3 Å². The molecule has 4 aromatic rings. The first-order valence-electron chi connectivity index (χ1n) is 10.2. The molecule has 0 saturated carbocycles. The van der Waals surface area contributed by atoms with Crippen molar-refractivity contribution in [3.63, 3.8) is 0 Å². The Hall–Kier alpha value is -2.90. The van der Waals surface area contributed by atoms with Gasteiger partial charge < -0.3 is 9.32 Å². The number of carbonyl (C=O) groups excluding carboxylic acids is 1. The Bertz CT molecular complexity index is 1310. The van der Waals surface area contributed by atoms with E-state index in [9.17, 15) is 13.2 Å². The first-order chi connectivity index (χ1) is 15.0. The van der Waals surface area contributed by atoms with E-state index in [1.807, 2.05) is 41.8 Å². The maximum atomic E-state index is 13.1. The molecule has 0 N–H and O–H groups in total. The molecule has 3 heterocycles. The lowest BCUT2D eigenvalue weighted by molar-refractivity contribution is 0.0726. The van der Waals surface area contributed by atoms with Crippen LogP contribution in [0.3, 0.4) is 0 Å². The minimum Gasteiger partial charge on any atom is -0.464 e. The van der Waals surface area contributed by atoms with E-state index in [0.29, 0.717) is 36.4 Å². The van der Waals surface area contributed by atoms with E-state index < -0.39 is 15.1 Å². The van der Waals surface area contributed by atoms with Gasteiger partial charge in [0.05, 0.1) is 16.4 Å². The summed E-state index contributed by atoms with van der Waals surface area (Å²) in [5, 5.41) is 2.41. The zero-order chi connectivity index (χ0) is 21.4. The number of sulfone groups is 1. The molecule has 0 spiro atoms. The molecule has 0 unspecified atom stereocenters. The molecule has 0 bridgehead atoms. The Labute approximate surface area is 184 Å². The van der Waals surface area contributed by atoms with Gasteiger partial charge in [-0.3, -0.25) is 4.79 Å². The van der Waals surface area contributed by atoms with Gasteiger partial charge in [0.2, 0.25) is 0 Å². The van der Waals surface area contributed by atoms with Gasteiger partial charge in [0.15, 0.2) is 9.84 Å². The molecule has 31 heavy (non-hydrogen) atoms. The number of piperidine rings is 1. The predicted molar refractivity (Wildman–Crippen MR) is 122 cm³/mol. The predicted octanol–water partition coefficient (Wildman–Crippen LogP) is 5.24. The summed E-state index contributed by atoms with van der Waals surface area (Å²) in [7, 11) is -3.43. The Morgan fingerprint density at radius 2 is 1.77 bits per heavy atom. The molecule has 0 radical (unpaired) electrons. The average Bonchev–Trinajstić information content (AvgIpc) is 3.50. The van der Waals surface area contributed by atoms with Gasteiger partial charge in [-0.25, -0.2) is 8.42 Å². The van der Waals surface area contributed by atoms with Gasteiger partial charge in [-0.05, 0) is 66.2 Å². The third kappa shape index (κ3) is 3.79. The minimum atomic E-state index is -3.43. The zero-order valence-electron chi connectivity index (χ0n) is 16.7. The fourth-order valence-corrected chi connectivity index (χ4v) is 6.56. The Kier molecular flexibility index (Phi) is 5.16. The summed E-state index contributed by atoms with van der Waals surface area (Å²) in [5.74, 6) is -0.0701. The molecule has 158 valence electrons. The van der Waals surface area contributed by atoms with Crippen molar-refractivity contribution >= 4 is 38.1 Å². The van der Waals surface area contributed by atoms with Crippen LogP contribution in [0.5, 0.6) is 0 Å². The highest BCUT2D eigenvalue weighted by atomic mass is 32.2. The molecule has 2 aromatic heterocycles. The molecular formula is C24H21NO4S2. The van der Waals surface area contributed by atoms with Crippen LogP contribution in [0.2, 0.25) is 0 Å². The smallest absolute Gasteiger partial charge is 0.253 e. The lowest BCUT2D eigenvalue weighted by Crippen LogP contribution is -2.42. The summed E-state index contributed by atoms with van der Waals surface area (Å²) < 4.78 is 31.6. The van der Waals surface area contributed by atoms with Crippen LogP contribution in [0.15, 0.2) is 81.6 Å². The standard InChI is InChI=1S/C24H21NO4S2/c26-24(19-5-8-22-18(16-19)11-14-29-22)25-12-9-21(10-13-25)31(27,28)20-6-3-17(4-7-20)23-2-1-15-30-23/h1-8,11,14-16,21H,9-10,12-13H2. The van der Waals surface area contributed by atoms with Crippen molar-refractivity contribution < 1.29 is 17.6 Å². The second kappa shape index (κ2) is 7.98. The van der Waals surface area contributed by atoms with E-state index >= 15 is 0 Å². The highest BCUT2D eigenvalue weighted by molar-refractivity contribution is 7.92. The van der Waals surface area contributed by atoms with Gasteiger partial charge in [0.25, 0.3) is 5.91 Å². The van der Waals surface area contributed by atoms with Crippen molar-refractivity contribution in [2.75, 3.05) is 13.1 Å². The van der Waals surface area contributed by atoms with Gasteiger partial charge in [0, 0.05) is 28.9 Å². The van der Waals surface area contributed by atoms with Crippen LogP contribution in [0.25, 0.3) is 21.4 Å². The summed E-state index contributed by atoms with van der Waals surface area (Å²) in [6, 6.07) is 18.3. The first kappa shape index (κ1) is 20.0. The van der Waals surface area contributed by atoms with Crippen LogP contribution in [0, 0.1) is 0 Å². The highest BCUT2D eigenvalue weighted by Gasteiger charge is 2.33. The van der Waals surface area contributed by atoms with Crippen LogP contribution < -0.4 is 0 Å². The maximum absolute atomic E-state index is 13.1. The van der Waals surface area contributed by atoms with E-state index in [-0.39, 0.29) is 5.91 Å². The van der Waals surface area contributed by atoms with Crippen molar-refractivity contribution in [2.45, 2.75) is 23.0 Å². The molecule has 0 aliphatic carbocycles. The molecule has 1 saturated heterocycles. The van der Waals surface area contributed by atoms with Crippen LogP contribution in [0.4, 0.5) is 0 Å². The Balaban J connectivity index is 1.27. The van der Waals surface area contributed by atoms with Crippen LogP contribution >= 0.6 is 11.3 Å². The molecule has 1 aliphatic heterocycles. The lowest BCUT2D eigenvalue weighted by atomic mass is 10.1. The fourth-order valence-electron chi connectivity index (χ4n) is 4.10. The largest absolute Gasteiger partial charge is 0.464 e. The number of amides is 1. The second-order valence-electron chi connectivity index (χ2n) is 7.71. The summed E-state index contributed by atoms with van der Waals surface area (Å²) in [5.41, 5.74) is 2.36. The number of rotatable bonds is 4. The maximum Gasteiger partial charge on any atom is 0.253 e. The molecule has 1 amide bonds. The number of nitrogens with zero attached hydrogens (tertiary/aromatic N) is 1. The van der Waals surface area contributed by atoms with Crippen LogP contribution in [-0.2, 0) is 9.84 Å². The summed E-state index contributed by atoms with van der Waals surface area (Å²) in [4.78, 5) is 16.1. The molecule has 1 aliphatic rings. The molecule has 2 aromatic carbocycles. The Morgan fingerprint density at radius 3 is 2.48 bits per heavy atom. The van der Waals surface area contributed by atoms with Gasteiger partial charge in [0.1, 0.15) is 5.58 Å². The molecule has 5 nitrogen and oxygen atoms in total. The normalized spacial score (nSPS) is 15.4. The van der Waals surface area contributed by atoms with Gasteiger partial charge in [-0.1, -0.05) is 18.2 Å². The number of hydrogen-bond acceptors (Lipinski definition) is 5. The van der Waals surface area contributed by atoms with E-state index in [1.54, 1.807) is 46.8 Å². The molecule has 1 fully saturated rings.